The van der Waals surface area contributed by atoms with Crippen LogP contribution in [0.25, 0.3) is 6.08 Å². The Morgan fingerprint density at radius 1 is 1.24 bits per heavy atom. The van der Waals surface area contributed by atoms with Gasteiger partial charge in [0.15, 0.2) is 5.78 Å². The van der Waals surface area contributed by atoms with Crippen LogP contribution in [0.3, 0.4) is 0 Å². The molecule has 2 rings (SSSR count). The summed E-state index contributed by atoms with van der Waals surface area (Å²) in [6.45, 7) is 7.67. The molecule has 1 aliphatic rings. The predicted molar refractivity (Wildman–Crippen MR) is 86.6 cm³/mol. The molecule has 1 aromatic carbocycles. The second-order valence-electron chi connectivity index (χ2n) is 5.51. The molecule has 0 spiro atoms. The first kappa shape index (κ1) is 15.8. The molecule has 0 amide bonds. The number of ether oxygens (including phenoxy) is 1. The van der Waals surface area contributed by atoms with Gasteiger partial charge in [0.1, 0.15) is 5.75 Å². The number of hydrogen-bond donors (Lipinski definition) is 0. The number of benzene rings is 1. The summed E-state index contributed by atoms with van der Waals surface area (Å²) in [6, 6.07) is 7.95. The highest BCUT2D eigenvalue weighted by Gasteiger charge is 2.20. The van der Waals surface area contributed by atoms with Gasteiger partial charge in [-0.05, 0) is 31.5 Å². The number of carbonyl (C=O) groups excluding carboxylic acids is 1. The number of ketones is 1. The zero-order chi connectivity index (χ0) is 15.1. The van der Waals surface area contributed by atoms with E-state index in [1.807, 2.05) is 30.3 Å². The van der Waals surface area contributed by atoms with Crippen LogP contribution in [0.15, 0.2) is 29.8 Å². The minimum Gasteiger partial charge on any atom is -0.493 e. The fraction of sp³-hybridized carbons (Fsp3) is 0.500. The second-order valence-corrected chi connectivity index (χ2v) is 5.51. The molecule has 0 bridgehead atoms. The fourth-order valence-corrected chi connectivity index (χ4v) is 2.59. The quantitative estimate of drug-likeness (QED) is 0.749. The number of piperidine rings is 1. The van der Waals surface area contributed by atoms with Crippen molar-refractivity contribution >= 4 is 11.9 Å². The highest BCUT2D eigenvalue weighted by atomic mass is 16.5. The summed E-state index contributed by atoms with van der Waals surface area (Å²) in [7, 11) is 0. The molecule has 0 aliphatic carbocycles. The second kappa shape index (κ2) is 7.99. The van der Waals surface area contributed by atoms with E-state index in [1.54, 1.807) is 0 Å². The average molecular weight is 287 g/mol. The SMILES string of the molecule is CCCOc1ccccc1/C=C1\CN(CCC)CCC1=O. The Morgan fingerprint density at radius 2 is 2.05 bits per heavy atom. The molecular weight excluding hydrogens is 262 g/mol. The van der Waals surface area contributed by atoms with Crippen LogP contribution in [-0.2, 0) is 4.79 Å². The third-order valence-electron chi connectivity index (χ3n) is 3.66. The van der Waals surface area contributed by atoms with Gasteiger partial charge in [-0.3, -0.25) is 9.69 Å². The first-order chi connectivity index (χ1) is 10.2. The Bertz CT molecular complexity index is 508. The number of likely N-dealkylation sites (tertiary alicyclic amines) is 1. The van der Waals surface area contributed by atoms with Gasteiger partial charge < -0.3 is 4.74 Å². The molecule has 0 atom stereocenters. The van der Waals surface area contributed by atoms with Gasteiger partial charge in [0.2, 0.25) is 0 Å². The van der Waals surface area contributed by atoms with E-state index in [2.05, 4.69) is 18.7 Å². The molecule has 3 nitrogen and oxygen atoms in total. The Balaban J connectivity index is 2.18. The first-order valence-electron chi connectivity index (χ1n) is 7.92. The third-order valence-corrected chi connectivity index (χ3v) is 3.66. The Labute approximate surface area is 127 Å². The molecule has 0 aromatic heterocycles. The van der Waals surface area contributed by atoms with Crippen molar-refractivity contribution in [1.82, 2.24) is 4.90 Å². The van der Waals surface area contributed by atoms with Gasteiger partial charge in [0, 0.05) is 30.6 Å². The number of nitrogens with zero attached hydrogens (tertiary/aromatic N) is 1. The Kier molecular flexibility index (Phi) is 6.00. The molecule has 3 heteroatoms. The fourth-order valence-electron chi connectivity index (χ4n) is 2.59. The van der Waals surface area contributed by atoms with E-state index < -0.39 is 0 Å². The Hall–Kier alpha value is -1.61. The zero-order valence-electron chi connectivity index (χ0n) is 13.1. The predicted octanol–water partition coefficient (Wildman–Crippen LogP) is 3.54. The van der Waals surface area contributed by atoms with Gasteiger partial charge in [-0.15, -0.1) is 0 Å². The number of hydrogen-bond acceptors (Lipinski definition) is 3. The van der Waals surface area contributed by atoms with Crippen LogP contribution in [-0.4, -0.2) is 36.9 Å². The van der Waals surface area contributed by atoms with Crippen molar-refractivity contribution in [2.24, 2.45) is 0 Å². The van der Waals surface area contributed by atoms with Crippen LogP contribution in [0.1, 0.15) is 38.7 Å². The lowest BCUT2D eigenvalue weighted by Gasteiger charge is -2.27. The number of rotatable bonds is 6. The lowest BCUT2D eigenvalue weighted by Crippen LogP contribution is -2.36. The van der Waals surface area contributed by atoms with Crippen molar-refractivity contribution in [2.75, 3.05) is 26.2 Å². The van der Waals surface area contributed by atoms with Crippen LogP contribution >= 0.6 is 0 Å². The van der Waals surface area contributed by atoms with Crippen LogP contribution < -0.4 is 4.74 Å². The molecular formula is C18H25NO2. The third kappa shape index (κ3) is 4.43. The first-order valence-corrected chi connectivity index (χ1v) is 7.92. The van der Waals surface area contributed by atoms with Crippen LogP contribution in [0, 0.1) is 0 Å². The normalized spacial score (nSPS) is 18.2. The van der Waals surface area contributed by atoms with Crippen molar-refractivity contribution in [2.45, 2.75) is 33.1 Å². The molecule has 0 unspecified atom stereocenters. The molecule has 0 radical (unpaired) electrons. The standard InChI is InChI=1S/C18H25NO2/c1-3-10-19-11-9-17(20)16(14-19)13-15-7-5-6-8-18(15)21-12-4-2/h5-8,13H,3-4,9-12,14H2,1-2H3/b16-13+. The Morgan fingerprint density at radius 3 is 2.81 bits per heavy atom. The number of para-hydroxylation sites is 1. The van der Waals surface area contributed by atoms with Gasteiger partial charge in [0.25, 0.3) is 0 Å². The average Bonchev–Trinajstić information content (AvgIpc) is 2.50. The van der Waals surface area contributed by atoms with E-state index in [9.17, 15) is 4.79 Å². The van der Waals surface area contributed by atoms with Gasteiger partial charge >= 0.3 is 0 Å². The lowest BCUT2D eigenvalue weighted by atomic mass is 10.00. The molecule has 21 heavy (non-hydrogen) atoms. The van der Waals surface area contributed by atoms with Crippen LogP contribution in [0.5, 0.6) is 5.75 Å². The lowest BCUT2D eigenvalue weighted by molar-refractivity contribution is -0.117. The summed E-state index contributed by atoms with van der Waals surface area (Å²) < 4.78 is 5.77. The summed E-state index contributed by atoms with van der Waals surface area (Å²) in [4.78, 5) is 14.5. The number of carbonyl (C=O) groups is 1. The van der Waals surface area contributed by atoms with Crippen LogP contribution in [0.2, 0.25) is 0 Å². The molecule has 1 aliphatic heterocycles. The van der Waals surface area contributed by atoms with Gasteiger partial charge in [-0.1, -0.05) is 32.0 Å². The summed E-state index contributed by atoms with van der Waals surface area (Å²) in [5.41, 5.74) is 1.91. The highest BCUT2D eigenvalue weighted by molar-refractivity contribution is 6.01. The van der Waals surface area contributed by atoms with E-state index in [-0.39, 0.29) is 5.78 Å². The van der Waals surface area contributed by atoms with Gasteiger partial charge in [0.05, 0.1) is 6.61 Å². The smallest absolute Gasteiger partial charge is 0.161 e. The molecule has 1 saturated heterocycles. The summed E-state index contributed by atoms with van der Waals surface area (Å²) in [5, 5.41) is 0. The van der Waals surface area contributed by atoms with Crippen molar-refractivity contribution in [3.05, 3.63) is 35.4 Å². The summed E-state index contributed by atoms with van der Waals surface area (Å²) in [5.74, 6) is 1.14. The van der Waals surface area contributed by atoms with E-state index in [0.717, 1.165) is 49.4 Å². The molecule has 0 saturated carbocycles. The largest absolute Gasteiger partial charge is 0.493 e. The van der Waals surface area contributed by atoms with Crippen molar-refractivity contribution < 1.29 is 9.53 Å². The highest BCUT2D eigenvalue weighted by Crippen LogP contribution is 2.23. The van der Waals surface area contributed by atoms with E-state index >= 15 is 0 Å². The van der Waals surface area contributed by atoms with Gasteiger partial charge in [-0.2, -0.15) is 0 Å². The van der Waals surface area contributed by atoms with Crippen molar-refractivity contribution in [3.63, 3.8) is 0 Å². The topological polar surface area (TPSA) is 29.5 Å². The van der Waals surface area contributed by atoms with Crippen molar-refractivity contribution in [1.29, 1.82) is 0 Å². The molecule has 1 fully saturated rings. The van der Waals surface area contributed by atoms with E-state index in [4.69, 9.17) is 4.74 Å². The minimum atomic E-state index is 0.271. The molecule has 0 N–H and O–H groups in total. The molecule has 114 valence electrons. The van der Waals surface area contributed by atoms with Crippen molar-refractivity contribution in [3.8, 4) is 5.75 Å². The van der Waals surface area contributed by atoms with E-state index in [0.29, 0.717) is 13.0 Å². The molecule has 1 aromatic rings. The molecule has 1 heterocycles. The maximum atomic E-state index is 12.1. The van der Waals surface area contributed by atoms with Crippen LogP contribution in [0.4, 0.5) is 0 Å². The van der Waals surface area contributed by atoms with Gasteiger partial charge in [-0.25, -0.2) is 0 Å². The zero-order valence-corrected chi connectivity index (χ0v) is 13.1. The minimum absolute atomic E-state index is 0.271. The summed E-state index contributed by atoms with van der Waals surface area (Å²) >= 11 is 0. The monoisotopic (exact) mass is 287 g/mol. The summed E-state index contributed by atoms with van der Waals surface area (Å²) in [6.07, 6.45) is 4.74. The maximum absolute atomic E-state index is 12.1. The van der Waals surface area contributed by atoms with E-state index in [1.165, 1.54) is 0 Å². The number of Topliss-reactive ketones (excluding diaryl/α,β-unsaturated/α-hetero) is 1. The maximum Gasteiger partial charge on any atom is 0.161 e.